The predicted octanol–water partition coefficient (Wildman–Crippen LogP) is 2.36. The first-order chi connectivity index (χ1) is 9.04. The summed E-state index contributed by atoms with van der Waals surface area (Å²) in [5.41, 5.74) is 2.21. The topological polar surface area (TPSA) is 75.3 Å². The van der Waals surface area contributed by atoms with Gasteiger partial charge in [0.1, 0.15) is 0 Å². The summed E-state index contributed by atoms with van der Waals surface area (Å²) >= 11 is 0. The lowest BCUT2D eigenvalue weighted by Crippen LogP contribution is -2.39. The third kappa shape index (κ3) is 5.91. The highest BCUT2D eigenvalue weighted by atomic mass is 16.3. The highest BCUT2D eigenvalue weighted by Crippen LogP contribution is 2.29. The maximum atomic E-state index is 11.6. The number of amides is 1. The molecule has 0 saturated heterocycles. The molecule has 1 amide bonds. The number of aliphatic hydroxyl groups excluding tert-OH is 1. The Morgan fingerprint density at radius 2 is 1.95 bits per heavy atom. The molecule has 0 aromatic carbocycles. The highest BCUT2D eigenvalue weighted by molar-refractivity contribution is 5.78. The van der Waals surface area contributed by atoms with Crippen LogP contribution in [0.4, 0.5) is 0 Å². The molecule has 1 saturated carbocycles. The minimum absolute atomic E-state index is 0.160. The summed E-state index contributed by atoms with van der Waals surface area (Å²) in [6.07, 6.45) is 8.70. The van der Waals surface area contributed by atoms with E-state index in [0.717, 1.165) is 18.8 Å². The third-order valence-corrected chi connectivity index (χ3v) is 4.44. The van der Waals surface area contributed by atoms with Crippen LogP contribution in [0.2, 0.25) is 0 Å². The van der Waals surface area contributed by atoms with Crippen molar-refractivity contribution in [3.63, 3.8) is 0 Å². The smallest absolute Gasteiger partial charge is 0.237 e. The first kappa shape index (κ1) is 16.4. The SMILES string of the molecule is CC(C)[C@H](C[C@@H](O)CCC1CCCCC1)C(=O)NN. The van der Waals surface area contributed by atoms with E-state index in [2.05, 4.69) is 5.43 Å². The lowest BCUT2D eigenvalue weighted by molar-refractivity contribution is -0.127. The second-order valence-corrected chi connectivity index (χ2v) is 6.33. The van der Waals surface area contributed by atoms with E-state index in [9.17, 15) is 9.90 Å². The van der Waals surface area contributed by atoms with Gasteiger partial charge in [0.05, 0.1) is 6.10 Å². The average Bonchev–Trinajstić information content (AvgIpc) is 2.42. The number of hydrazine groups is 1. The Labute approximate surface area is 117 Å². The minimum atomic E-state index is -0.383. The minimum Gasteiger partial charge on any atom is -0.393 e. The molecule has 4 heteroatoms. The van der Waals surface area contributed by atoms with Gasteiger partial charge >= 0.3 is 0 Å². The number of aliphatic hydroxyl groups is 1. The molecule has 1 aliphatic rings. The number of rotatable bonds is 7. The van der Waals surface area contributed by atoms with E-state index >= 15 is 0 Å². The van der Waals surface area contributed by atoms with Crippen LogP contribution >= 0.6 is 0 Å². The van der Waals surface area contributed by atoms with Crippen LogP contribution in [0, 0.1) is 17.8 Å². The summed E-state index contributed by atoms with van der Waals surface area (Å²) < 4.78 is 0. The van der Waals surface area contributed by atoms with Crippen molar-refractivity contribution >= 4 is 5.91 Å². The first-order valence-electron chi connectivity index (χ1n) is 7.73. The van der Waals surface area contributed by atoms with E-state index in [1.807, 2.05) is 13.8 Å². The van der Waals surface area contributed by atoms with Crippen LogP contribution in [0.25, 0.3) is 0 Å². The molecule has 112 valence electrons. The van der Waals surface area contributed by atoms with Gasteiger partial charge in [0, 0.05) is 5.92 Å². The first-order valence-corrected chi connectivity index (χ1v) is 7.73. The van der Waals surface area contributed by atoms with Gasteiger partial charge in [-0.15, -0.1) is 0 Å². The lowest BCUT2D eigenvalue weighted by Gasteiger charge is -2.25. The molecule has 4 nitrogen and oxygen atoms in total. The van der Waals surface area contributed by atoms with Crippen molar-refractivity contribution in [2.75, 3.05) is 0 Å². The predicted molar refractivity (Wildman–Crippen MR) is 77.1 cm³/mol. The molecule has 2 atom stereocenters. The van der Waals surface area contributed by atoms with Gasteiger partial charge in [0.15, 0.2) is 0 Å². The fourth-order valence-corrected chi connectivity index (χ4v) is 3.10. The molecular weight excluding hydrogens is 240 g/mol. The maximum Gasteiger partial charge on any atom is 0.237 e. The van der Waals surface area contributed by atoms with Crippen LogP contribution in [0.1, 0.15) is 65.2 Å². The average molecular weight is 270 g/mol. The van der Waals surface area contributed by atoms with Crippen molar-refractivity contribution in [2.45, 2.75) is 71.3 Å². The van der Waals surface area contributed by atoms with Gasteiger partial charge in [0.2, 0.25) is 5.91 Å². The van der Waals surface area contributed by atoms with Gasteiger partial charge in [-0.05, 0) is 31.1 Å². The van der Waals surface area contributed by atoms with Gasteiger partial charge in [-0.3, -0.25) is 10.2 Å². The number of nitrogens with one attached hydrogen (secondary N) is 1. The van der Waals surface area contributed by atoms with Crippen molar-refractivity contribution in [1.82, 2.24) is 5.43 Å². The number of nitrogens with two attached hydrogens (primary N) is 1. The van der Waals surface area contributed by atoms with E-state index in [4.69, 9.17) is 5.84 Å². The zero-order valence-corrected chi connectivity index (χ0v) is 12.4. The Hall–Kier alpha value is -0.610. The maximum absolute atomic E-state index is 11.6. The second kappa shape index (κ2) is 8.54. The Morgan fingerprint density at radius 1 is 1.32 bits per heavy atom. The molecule has 4 N–H and O–H groups in total. The standard InChI is InChI=1S/C15H30N2O2/c1-11(2)14(15(19)17-16)10-13(18)9-8-12-6-4-3-5-7-12/h11-14,18H,3-10,16H2,1-2H3,(H,17,19)/t13-,14-/m0/s1. The van der Waals surface area contributed by atoms with Crippen LogP contribution in [0.3, 0.4) is 0 Å². The molecule has 0 radical (unpaired) electrons. The van der Waals surface area contributed by atoms with E-state index in [-0.39, 0.29) is 23.8 Å². The summed E-state index contributed by atoms with van der Waals surface area (Å²) in [5.74, 6) is 5.83. The van der Waals surface area contributed by atoms with Gasteiger partial charge in [-0.25, -0.2) is 5.84 Å². The van der Waals surface area contributed by atoms with Crippen molar-refractivity contribution in [2.24, 2.45) is 23.6 Å². The molecule has 0 bridgehead atoms. The van der Waals surface area contributed by atoms with Crippen molar-refractivity contribution in [3.05, 3.63) is 0 Å². The number of carbonyl (C=O) groups excluding carboxylic acids is 1. The van der Waals surface area contributed by atoms with Gasteiger partial charge < -0.3 is 5.11 Å². The van der Waals surface area contributed by atoms with E-state index in [1.165, 1.54) is 32.1 Å². The molecule has 0 unspecified atom stereocenters. The summed E-state index contributed by atoms with van der Waals surface area (Å²) in [7, 11) is 0. The zero-order chi connectivity index (χ0) is 14.3. The Kier molecular flexibility index (Phi) is 7.39. The summed E-state index contributed by atoms with van der Waals surface area (Å²) in [5, 5.41) is 10.1. The van der Waals surface area contributed by atoms with E-state index in [1.54, 1.807) is 0 Å². The van der Waals surface area contributed by atoms with Crippen molar-refractivity contribution < 1.29 is 9.90 Å². The van der Waals surface area contributed by atoms with Crippen LogP contribution in [0.15, 0.2) is 0 Å². The van der Waals surface area contributed by atoms with Gasteiger partial charge in [-0.2, -0.15) is 0 Å². The summed E-state index contributed by atoms with van der Waals surface area (Å²) in [6, 6.07) is 0. The number of carbonyl (C=O) groups is 1. The van der Waals surface area contributed by atoms with Crippen LogP contribution < -0.4 is 11.3 Å². The molecule has 1 fully saturated rings. The Morgan fingerprint density at radius 3 is 2.47 bits per heavy atom. The van der Waals surface area contributed by atoms with Crippen LogP contribution in [-0.4, -0.2) is 17.1 Å². The third-order valence-electron chi connectivity index (χ3n) is 4.44. The molecule has 1 rings (SSSR count). The van der Waals surface area contributed by atoms with Gasteiger partial charge in [-0.1, -0.05) is 46.0 Å². The Balaban J connectivity index is 2.31. The summed E-state index contributed by atoms with van der Waals surface area (Å²) in [6.45, 7) is 3.99. The molecule has 0 aromatic heterocycles. The largest absolute Gasteiger partial charge is 0.393 e. The van der Waals surface area contributed by atoms with Crippen LogP contribution in [-0.2, 0) is 4.79 Å². The van der Waals surface area contributed by atoms with Crippen molar-refractivity contribution in [1.29, 1.82) is 0 Å². The van der Waals surface area contributed by atoms with E-state index in [0.29, 0.717) is 6.42 Å². The molecular formula is C15H30N2O2. The highest BCUT2D eigenvalue weighted by Gasteiger charge is 2.25. The van der Waals surface area contributed by atoms with Crippen LogP contribution in [0.5, 0.6) is 0 Å². The molecule has 0 heterocycles. The molecule has 0 spiro atoms. The monoisotopic (exact) mass is 270 g/mol. The number of hydrogen-bond donors (Lipinski definition) is 3. The quantitative estimate of drug-likeness (QED) is 0.377. The zero-order valence-electron chi connectivity index (χ0n) is 12.4. The number of hydrogen-bond acceptors (Lipinski definition) is 3. The molecule has 0 aromatic rings. The lowest BCUT2D eigenvalue weighted by atomic mass is 9.83. The molecule has 1 aliphatic carbocycles. The molecule has 19 heavy (non-hydrogen) atoms. The van der Waals surface area contributed by atoms with E-state index < -0.39 is 0 Å². The van der Waals surface area contributed by atoms with Crippen molar-refractivity contribution in [3.8, 4) is 0 Å². The fraction of sp³-hybridized carbons (Fsp3) is 0.933. The normalized spacial score (nSPS) is 20.3. The molecule has 0 aliphatic heterocycles. The fourth-order valence-electron chi connectivity index (χ4n) is 3.10. The Bertz CT molecular complexity index is 263. The summed E-state index contributed by atoms with van der Waals surface area (Å²) in [4.78, 5) is 11.6. The van der Waals surface area contributed by atoms with Gasteiger partial charge in [0.25, 0.3) is 0 Å². The second-order valence-electron chi connectivity index (χ2n) is 6.33.